The highest BCUT2D eigenvalue weighted by Gasteiger charge is 2.05. The topological polar surface area (TPSA) is 39.1 Å². The lowest BCUT2D eigenvalue weighted by Crippen LogP contribution is -2.12. The normalized spacial score (nSPS) is 10.8. The second-order valence-corrected chi connectivity index (χ2v) is 5.08. The highest BCUT2D eigenvalue weighted by atomic mass is 16.5. The van der Waals surface area contributed by atoms with E-state index in [0.29, 0.717) is 6.61 Å². The molecule has 1 aromatic heterocycles. The zero-order chi connectivity index (χ0) is 15.1. The van der Waals surface area contributed by atoms with Crippen molar-refractivity contribution in [3.8, 4) is 5.75 Å². The van der Waals surface area contributed by atoms with E-state index >= 15 is 0 Å². The van der Waals surface area contributed by atoms with Crippen LogP contribution in [0.5, 0.6) is 5.75 Å². The number of nitrogens with one attached hydrogen (secondary N) is 1. The summed E-state index contributed by atoms with van der Waals surface area (Å²) in [6.07, 6.45) is 1.98. The Kier molecular flexibility index (Phi) is 5.81. The third-order valence-corrected chi connectivity index (χ3v) is 3.49. The van der Waals surface area contributed by atoms with Gasteiger partial charge in [-0.1, -0.05) is 26.0 Å². The zero-order valence-corrected chi connectivity index (χ0v) is 13.2. The summed E-state index contributed by atoms with van der Waals surface area (Å²) in [5, 5.41) is 7.75. The van der Waals surface area contributed by atoms with Crippen molar-refractivity contribution < 1.29 is 4.74 Å². The van der Waals surface area contributed by atoms with Crippen molar-refractivity contribution in [2.75, 3.05) is 13.7 Å². The van der Waals surface area contributed by atoms with Crippen LogP contribution in [-0.2, 0) is 25.9 Å². The first-order valence-corrected chi connectivity index (χ1v) is 7.68. The van der Waals surface area contributed by atoms with Crippen LogP contribution >= 0.6 is 0 Å². The van der Waals surface area contributed by atoms with Crippen LogP contribution in [0.1, 0.15) is 30.8 Å². The SMILES string of the molecule is CCc1cc(CC)n(CCOc2cccc(CNC)c2)n1. The Morgan fingerprint density at radius 2 is 2.05 bits per heavy atom. The minimum atomic E-state index is 0.640. The van der Waals surface area contributed by atoms with Crippen LogP contribution in [0.4, 0.5) is 0 Å². The maximum Gasteiger partial charge on any atom is 0.119 e. The number of nitrogens with zero attached hydrogens (tertiary/aromatic N) is 2. The Morgan fingerprint density at radius 3 is 2.76 bits per heavy atom. The average Bonchev–Trinajstić information content (AvgIpc) is 2.90. The second kappa shape index (κ2) is 7.84. The third kappa shape index (κ3) is 4.33. The Hall–Kier alpha value is -1.81. The zero-order valence-electron chi connectivity index (χ0n) is 13.2. The van der Waals surface area contributed by atoms with Gasteiger partial charge >= 0.3 is 0 Å². The Labute approximate surface area is 127 Å². The maximum atomic E-state index is 5.85. The van der Waals surface area contributed by atoms with Crippen molar-refractivity contribution in [3.63, 3.8) is 0 Å². The number of aryl methyl sites for hydroxylation is 2. The molecule has 0 amide bonds. The van der Waals surface area contributed by atoms with Crippen molar-refractivity contribution in [2.45, 2.75) is 39.8 Å². The van der Waals surface area contributed by atoms with Gasteiger partial charge < -0.3 is 10.1 Å². The van der Waals surface area contributed by atoms with Gasteiger partial charge in [-0.2, -0.15) is 5.10 Å². The van der Waals surface area contributed by atoms with Crippen LogP contribution in [-0.4, -0.2) is 23.4 Å². The van der Waals surface area contributed by atoms with E-state index in [9.17, 15) is 0 Å². The summed E-state index contributed by atoms with van der Waals surface area (Å²) >= 11 is 0. The van der Waals surface area contributed by atoms with E-state index in [1.807, 2.05) is 19.2 Å². The molecule has 0 aliphatic carbocycles. The van der Waals surface area contributed by atoms with Crippen molar-refractivity contribution in [1.82, 2.24) is 15.1 Å². The number of benzene rings is 1. The first kappa shape index (κ1) is 15.6. The summed E-state index contributed by atoms with van der Waals surface area (Å²) in [4.78, 5) is 0. The van der Waals surface area contributed by atoms with Gasteiger partial charge in [-0.05, 0) is 43.7 Å². The molecule has 0 bridgehead atoms. The Morgan fingerprint density at radius 1 is 1.19 bits per heavy atom. The van der Waals surface area contributed by atoms with E-state index in [2.05, 4.69) is 47.1 Å². The molecule has 1 aromatic carbocycles. The summed E-state index contributed by atoms with van der Waals surface area (Å²) in [5.74, 6) is 0.920. The van der Waals surface area contributed by atoms with Crippen LogP contribution in [0.15, 0.2) is 30.3 Å². The number of ether oxygens (including phenoxy) is 1. The molecule has 2 aromatic rings. The van der Waals surface area contributed by atoms with Gasteiger partial charge in [0.2, 0.25) is 0 Å². The molecular weight excluding hydrogens is 262 g/mol. The van der Waals surface area contributed by atoms with Gasteiger partial charge in [-0.3, -0.25) is 4.68 Å². The van der Waals surface area contributed by atoms with Crippen LogP contribution < -0.4 is 10.1 Å². The summed E-state index contributed by atoms with van der Waals surface area (Å²) in [6.45, 7) is 6.58. The van der Waals surface area contributed by atoms with E-state index in [1.54, 1.807) is 0 Å². The molecule has 2 rings (SSSR count). The second-order valence-electron chi connectivity index (χ2n) is 5.08. The fraction of sp³-hybridized carbons (Fsp3) is 0.471. The molecule has 4 heteroatoms. The van der Waals surface area contributed by atoms with E-state index in [0.717, 1.165) is 37.4 Å². The Bertz CT molecular complexity index is 563. The van der Waals surface area contributed by atoms with E-state index in [4.69, 9.17) is 4.74 Å². The molecule has 1 N–H and O–H groups in total. The monoisotopic (exact) mass is 287 g/mol. The minimum absolute atomic E-state index is 0.640. The van der Waals surface area contributed by atoms with Gasteiger partial charge in [-0.15, -0.1) is 0 Å². The highest BCUT2D eigenvalue weighted by Crippen LogP contribution is 2.13. The van der Waals surface area contributed by atoms with Crippen molar-refractivity contribution in [3.05, 3.63) is 47.3 Å². The molecule has 0 fully saturated rings. The van der Waals surface area contributed by atoms with Crippen molar-refractivity contribution in [1.29, 1.82) is 0 Å². The number of aromatic nitrogens is 2. The van der Waals surface area contributed by atoms with Crippen LogP contribution in [0, 0.1) is 0 Å². The number of hydrogen-bond donors (Lipinski definition) is 1. The molecule has 0 radical (unpaired) electrons. The first-order chi connectivity index (χ1) is 10.3. The van der Waals surface area contributed by atoms with Crippen LogP contribution in [0.2, 0.25) is 0 Å². The Balaban J connectivity index is 1.92. The molecule has 0 spiro atoms. The number of rotatable bonds is 8. The predicted molar refractivity (Wildman–Crippen MR) is 85.7 cm³/mol. The highest BCUT2D eigenvalue weighted by molar-refractivity contribution is 5.28. The molecule has 0 aliphatic rings. The molecule has 0 aliphatic heterocycles. The fourth-order valence-electron chi connectivity index (χ4n) is 2.37. The van der Waals surface area contributed by atoms with Gasteiger partial charge in [0, 0.05) is 12.2 Å². The maximum absolute atomic E-state index is 5.85. The predicted octanol–water partition coefficient (Wildman–Crippen LogP) is 2.81. The summed E-state index contributed by atoms with van der Waals surface area (Å²) < 4.78 is 7.92. The molecule has 114 valence electrons. The largest absolute Gasteiger partial charge is 0.492 e. The van der Waals surface area contributed by atoms with Gasteiger partial charge in [0.15, 0.2) is 0 Å². The third-order valence-electron chi connectivity index (χ3n) is 3.49. The lowest BCUT2D eigenvalue weighted by Gasteiger charge is -2.09. The molecule has 0 atom stereocenters. The van der Waals surface area contributed by atoms with Crippen molar-refractivity contribution in [2.24, 2.45) is 0 Å². The molecule has 21 heavy (non-hydrogen) atoms. The summed E-state index contributed by atoms with van der Waals surface area (Å²) in [6, 6.07) is 10.4. The quantitative estimate of drug-likeness (QED) is 0.811. The van der Waals surface area contributed by atoms with E-state index in [1.165, 1.54) is 11.3 Å². The molecule has 0 unspecified atom stereocenters. The first-order valence-electron chi connectivity index (χ1n) is 7.68. The fourth-order valence-corrected chi connectivity index (χ4v) is 2.37. The molecule has 0 saturated carbocycles. The summed E-state index contributed by atoms with van der Waals surface area (Å²) in [7, 11) is 1.95. The number of hydrogen-bond acceptors (Lipinski definition) is 3. The molecule has 1 heterocycles. The minimum Gasteiger partial charge on any atom is -0.492 e. The van der Waals surface area contributed by atoms with Gasteiger partial charge in [0.25, 0.3) is 0 Å². The molecule has 4 nitrogen and oxygen atoms in total. The summed E-state index contributed by atoms with van der Waals surface area (Å²) in [5.41, 5.74) is 3.67. The van der Waals surface area contributed by atoms with E-state index in [-0.39, 0.29) is 0 Å². The van der Waals surface area contributed by atoms with Crippen LogP contribution in [0.3, 0.4) is 0 Å². The van der Waals surface area contributed by atoms with Gasteiger partial charge in [0.1, 0.15) is 12.4 Å². The van der Waals surface area contributed by atoms with Gasteiger partial charge in [0.05, 0.1) is 12.2 Å². The van der Waals surface area contributed by atoms with E-state index < -0.39 is 0 Å². The average molecular weight is 287 g/mol. The van der Waals surface area contributed by atoms with Gasteiger partial charge in [-0.25, -0.2) is 0 Å². The smallest absolute Gasteiger partial charge is 0.119 e. The lowest BCUT2D eigenvalue weighted by molar-refractivity contribution is 0.288. The standard InChI is InChI=1S/C17H25N3O/c1-4-15-12-16(5-2)20(19-15)9-10-21-17-8-6-7-14(11-17)13-18-3/h6-8,11-12,18H,4-5,9-10,13H2,1-3H3. The molecule has 0 saturated heterocycles. The molecular formula is C17H25N3O. The van der Waals surface area contributed by atoms with Crippen molar-refractivity contribution >= 4 is 0 Å². The lowest BCUT2D eigenvalue weighted by atomic mass is 10.2. The van der Waals surface area contributed by atoms with Crippen LogP contribution in [0.25, 0.3) is 0 Å².